The van der Waals surface area contributed by atoms with E-state index in [-0.39, 0.29) is 0 Å². The van der Waals surface area contributed by atoms with Crippen molar-refractivity contribution in [2.45, 2.75) is 13.5 Å². The predicted molar refractivity (Wildman–Crippen MR) is 64.4 cm³/mol. The van der Waals surface area contributed by atoms with E-state index in [2.05, 4.69) is 10.2 Å². The van der Waals surface area contributed by atoms with E-state index in [9.17, 15) is 0 Å². The van der Waals surface area contributed by atoms with E-state index in [1.807, 2.05) is 31.2 Å². The highest BCUT2D eigenvalue weighted by Gasteiger charge is 2.05. The second-order valence-corrected chi connectivity index (χ2v) is 4.22. The molecule has 2 rings (SSSR count). The molecule has 0 atom stereocenters. The van der Waals surface area contributed by atoms with Crippen LogP contribution in [0.4, 0.5) is 0 Å². The zero-order valence-electron chi connectivity index (χ0n) is 9.01. The molecule has 2 aromatic rings. The van der Waals surface area contributed by atoms with Crippen LogP contribution in [0.3, 0.4) is 0 Å². The summed E-state index contributed by atoms with van der Waals surface area (Å²) in [4.78, 5) is 0. The van der Waals surface area contributed by atoms with Gasteiger partial charge in [-0.15, -0.1) is 10.2 Å². The highest BCUT2D eigenvalue weighted by atomic mass is 32.1. The number of hydrogen-bond acceptors (Lipinski definition) is 5. The van der Waals surface area contributed by atoms with E-state index < -0.39 is 0 Å². The SMILES string of the molecule is CCOc1ccc(-c2nnc(CN)s2)cc1. The molecule has 0 saturated carbocycles. The molecule has 1 heterocycles. The molecule has 0 amide bonds. The molecular formula is C11H13N3OS. The van der Waals surface area contributed by atoms with Crippen molar-refractivity contribution in [3.8, 4) is 16.3 Å². The normalized spacial score (nSPS) is 10.4. The van der Waals surface area contributed by atoms with Gasteiger partial charge >= 0.3 is 0 Å². The molecule has 4 nitrogen and oxygen atoms in total. The van der Waals surface area contributed by atoms with Gasteiger partial charge in [-0.05, 0) is 31.2 Å². The van der Waals surface area contributed by atoms with Crippen molar-refractivity contribution in [2.24, 2.45) is 5.73 Å². The molecule has 0 aliphatic rings. The van der Waals surface area contributed by atoms with Crippen molar-refractivity contribution >= 4 is 11.3 Å². The number of rotatable bonds is 4. The molecule has 0 saturated heterocycles. The van der Waals surface area contributed by atoms with E-state index >= 15 is 0 Å². The maximum absolute atomic E-state index is 5.49. The Bertz CT molecular complexity index is 453. The van der Waals surface area contributed by atoms with Crippen LogP contribution in [-0.2, 0) is 6.54 Å². The minimum Gasteiger partial charge on any atom is -0.494 e. The number of benzene rings is 1. The Morgan fingerprint density at radius 3 is 2.56 bits per heavy atom. The average Bonchev–Trinajstić information content (AvgIpc) is 2.79. The molecule has 0 unspecified atom stereocenters. The molecule has 1 aromatic heterocycles. The Hall–Kier alpha value is -1.46. The maximum Gasteiger partial charge on any atom is 0.147 e. The zero-order valence-corrected chi connectivity index (χ0v) is 9.83. The van der Waals surface area contributed by atoms with Crippen LogP contribution in [0.15, 0.2) is 24.3 Å². The fourth-order valence-corrected chi connectivity index (χ4v) is 2.04. The number of nitrogens with two attached hydrogens (primary N) is 1. The molecule has 5 heteroatoms. The summed E-state index contributed by atoms with van der Waals surface area (Å²) in [5, 5.41) is 9.81. The monoisotopic (exact) mass is 235 g/mol. The third kappa shape index (κ3) is 2.37. The van der Waals surface area contributed by atoms with Gasteiger partial charge in [-0.2, -0.15) is 0 Å². The smallest absolute Gasteiger partial charge is 0.147 e. The third-order valence-corrected chi connectivity index (χ3v) is 3.05. The fourth-order valence-electron chi connectivity index (χ4n) is 1.31. The van der Waals surface area contributed by atoms with Crippen molar-refractivity contribution in [1.82, 2.24) is 10.2 Å². The molecule has 0 aliphatic carbocycles. The molecule has 16 heavy (non-hydrogen) atoms. The highest BCUT2D eigenvalue weighted by molar-refractivity contribution is 7.14. The van der Waals surface area contributed by atoms with E-state index in [0.29, 0.717) is 13.2 Å². The van der Waals surface area contributed by atoms with Gasteiger partial charge in [0.05, 0.1) is 6.61 Å². The van der Waals surface area contributed by atoms with Gasteiger partial charge in [0.15, 0.2) is 0 Å². The lowest BCUT2D eigenvalue weighted by atomic mass is 10.2. The molecule has 0 spiro atoms. The van der Waals surface area contributed by atoms with Crippen molar-refractivity contribution in [3.05, 3.63) is 29.3 Å². The summed E-state index contributed by atoms with van der Waals surface area (Å²) in [7, 11) is 0. The van der Waals surface area contributed by atoms with Crippen LogP contribution in [-0.4, -0.2) is 16.8 Å². The lowest BCUT2D eigenvalue weighted by molar-refractivity contribution is 0.340. The molecule has 0 fully saturated rings. The van der Waals surface area contributed by atoms with Crippen LogP contribution in [0.1, 0.15) is 11.9 Å². The largest absolute Gasteiger partial charge is 0.494 e. The van der Waals surface area contributed by atoms with Crippen LogP contribution in [0.25, 0.3) is 10.6 Å². The summed E-state index contributed by atoms with van der Waals surface area (Å²) in [5.74, 6) is 0.870. The first kappa shape index (κ1) is 11.0. The van der Waals surface area contributed by atoms with Gasteiger partial charge in [0, 0.05) is 12.1 Å². The second-order valence-electron chi connectivity index (χ2n) is 3.16. The molecule has 2 N–H and O–H groups in total. The number of aromatic nitrogens is 2. The average molecular weight is 235 g/mol. The second kappa shape index (κ2) is 5.05. The van der Waals surface area contributed by atoms with Crippen LogP contribution >= 0.6 is 11.3 Å². The predicted octanol–water partition coefficient (Wildman–Crippen LogP) is 2.06. The Balaban J connectivity index is 2.20. The van der Waals surface area contributed by atoms with Gasteiger partial charge in [0.25, 0.3) is 0 Å². The van der Waals surface area contributed by atoms with Gasteiger partial charge in [-0.1, -0.05) is 11.3 Å². The zero-order chi connectivity index (χ0) is 11.4. The molecule has 1 aromatic carbocycles. The van der Waals surface area contributed by atoms with Gasteiger partial charge < -0.3 is 10.5 Å². The van der Waals surface area contributed by atoms with Crippen LogP contribution < -0.4 is 10.5 Å². The van der Waals surface area contributed by atoms with Crippen LogP contribution in [0.2, 0.25) is 0 Å². The summed E-state index contributed by atoms with van der Waals surface area (Å²) in [6.45, 7) is 3.08. The third-order valence-electron chi connectivity index (χ3n) is 2.05. The van der Waals surface area contributed by atoms with Crippen LogP contribution in [0.5, 0.6) is 5.75 Å². The summed E-state index contributed by atoms with van der Waals surface area (Å²) >= 11 is 1.52. The van der Waals surface area contributed by atoms with Gasteiger partial charge in [-0.25, -0.2) is 0 Å². The standard InChI is InChI=1S/C11H13N3OS/c1-2-15-9-5-3-8(4-6-9)11-14-13-10(7-12)16-11/h3-6H,2,7,12H2,1H3. The van der Waals surface area contributed by atoms with Crippen molar-refractivity contribution < 1.29 is 4.74 Å². The Morgan fingerprint density at radius 2 is 2.00 bits per heavy atom. The lowest BCUT2D eigenvalue weighted by Gasteiger charge is -2.02. The van der Waals surface area contributed by atoms with Crippen molar-refractivity contribution in [2.75, 3.05) is 6.61 Å². The molecule has 84 valence electrons. The molecule has 0 radical (unpaired) electrons. The molecule has 0 bridgehead atoms. The van der Waals surface area contributed by atoms with E-state index in [1.54, 1.807) is 0 Å². The number of nitrogens with zero attached hydrogens (tertiary/aromatic N) is 2. The molecular weight excluding hydrogens is 222 g/mol. The van der Waals surface area contributed by atoms with Gasteiger partial charge in [-0.3, -0.25) is 0 Å². The van der Waals surface area contributed by atoms with Crippen LogP contribution in [0, 0.1) is 0 Å². The van der Waals surface area contributed by atoms with E-state index in [0.717, 1.165) is 21.3 Å². The Kier molecular flexibility index (Phi) is 3.48. The minimum atomic E-state index is 0.439. The number of hydrogen-bond donors (Lipinski definition) is 1. The maximum atomic E-state index is 5.49. The summed E-state index contributed by atoms with van der Waals surface area (Å²) in [6.07, 6.45) is 0. The Morgan fingerprint density at radius 1 is 1.25 bits per heavy atom. The van der Waals surface area contributed by atoms with E-state index in [4.69, 9.17) is 10.5 Å². The first-order valence-electron chi connectivity index (χ1n) is 5.09. The van der Waals surface area contributed by atoms with E-state index in [1.165, 1.54) is 11.3 Å². The minimum absolute atomic E-state index is 0.439. The first-order valence-corrected chi connectivity index (χ1v) is 5.91. The topological polar surface area (TPSA) is 61.0 Å². The molecule has 0 aliphatic heterocycles. The highest BCUT2D eigenvalue weighted by Crippen LogP contribution is 2.25. The quantitative estimate of drug-likeness (QED) is 0.881. The summed E-state index contributed by atoms with van der Waals surface area (Å²) in [5.41, 5.74) is 6.54. The number of ether oxygens (including phenoxy) is 1. The van der Waals surface area contributed by atoms with Gasteiger partial charge in [0.1, 0.15) is 15.8 Å². The Labute approximate surface area is 98.1 Å². The van der Waals surface area contributed by atoms with Crippen molar-refractivity contribution in [1.29, 1.82) is 0 Å². The fraction of sp³-hybridized carbons (Fsp3) is 0.273. The van der Waals surface area contributed by atoms with Crippen molar-refractivity contribution in [3.63, 3.8) is 0 Å². The summed E-state index contributed by atoms with van der Waals surface area (Å²) < 4.78 is 5.37. The summed E-state index contributed by atoms with van der Waals surface area (Å²) in [6, 6.07) is 7.82. The lowest BCUT2D eigenvalue weighted by Crippen LogP contribution is -1.94. The first-order chi connectivity index (χ1) is 7.83. The van der Waals surface area contributed by atoms with Gasteiger partial charge in [0.2, 0.25) is 0 Å².